The van der Waals surface area contributed by atoms with Gasteiger partial charge in [0.15, 0.2) is 5.96 Å². The smallest absolute Gasteiger partial charge is 0.191 e. The van der Waals surface area contributed by atoms with E-state index in [0.717, 1.165) is 49.7 Å². The number of hydrogen-bond acceptors (Lipinski definition) is 4. The van der Waals surface area contributed by atoms with Gasteiger partial charge in [0.05, 0.1) is 18.7 Å². The Morgan fingerprint density at radius 1 is 1.18 bits per heavy atom. The van der Waals surface area contributed by atoms with Gasteiger partial charge in [-0.3, -0.25) is 14.9 Å². The van der Waals surface area contributed by atoms with E-state index in [1.54, 1.807) is 0 Å². The largest absolute Gasteiger partial charge is 0.379 e. The summed E-state index contributed by atoms with van der Waals surface area (Å²) in [5.41, 5.74) is 2.21. The van der Waals surface area contributed by atoms with Crippen molar-refractivity contribution in [2.45, 2.75) is 26.4 Å². The molecule has 1 aromatic heterocycles. The molecule has 1 fully saturated rings. The fourth-order valence-corrected chi connectivity index (χ4v) is 3.61. The molecule has 0 spiro atoms. The molecule has 6 nitrogen and oxygen atoms in total. The Hall–Kier alpha value is -1.45. The highest BCUT2D eigenvalue weighted by atomic mass is 127. The van der Waals surface area contributed by atoms with E-state index in [1.807, 2.05) is 19.3 Å². The monoisotopic (exact) mass is 497 g/mol. The van der Waals surface area contributed by atoms with E-state index in [0.29, 0.717) is 18.5 Å². The minimum Gasteiger partial charge on any atom is -0.379 e. The molecule has 2 N–H and O–H groups in total. The number of ether oxygens (including phenoxy) is 1. The molecule has 1 aliphatic heterocycles. The van der Waals surface area contributed by atoms with Crippen LogP contribution in [0.3, 0.4) is 0 Å². The van der Waals surface area contributed by atoms with Crippen molar-refractivity contribution < 1.29 is 4.74 Å². The molecule has 1 aromatic carbocycles. The maximum absolute atomic E-state index is 5.50. The van der Waals surface area contributed by atoms with E-state index in [2.05, 4.69) is 63.6 Å². The maximum atomic E-state index is 5.50. The molecule has 154 valence electrons. The van der Waals surface area contributed by atoms with Gasteiger partial charge >= 0.3 is 0 Å². The number of aliphatic imine (C=N–C) groups is 1. The number of guanidine groups is 1. The molecule has 0 bridgehead atoms. The third-order valence-corrected chi connectivity index (χ3v) is 5.15. The molecular weight excluding hydrogens is 465 g/mol. The van der Waals surface area contributed by atoms with Gasteiger partial charge in [0.1, 0.15) is 0 Å². The topological polar surface area (TPSA) is 61.8 Å². The first-order chi connectivity index (χ1) is 13.2. The highest BCUT2D eigenvalue weighted by Crippen LogP contribution is 2.15. The number of rotatable bonds is 6. The standard InChI is InChI=1S/C21H31N5O.HI/c1-16(2)19(26-10-12-27-13-11-26)15-25-21(22-3)24-14-18-7-4-6-17-8-5-9-23-20(17)18;/h4-9,16,19H,10-15H2,1-3H3,(H2,22,24,25);1H. The summed E-state index contributed by atoms with van der Waals surface area (Å²) in [5, 5.41) is 8.09. The number of fused-ring (bicyclic) bond motifs is 1. The van der Waals surface area contributed by atoms with Crippen LogP contribution in [0, 0.1) is 5.92 Å². The van der Waals surface area contributed by atoms with Crippen LogP contribution in [0.2, 0.25) is 0 Å². The molecule has 0 saturated carbocycles. The number of hydrogen-bond donors (Lipinski definition) is 2. The van der Waals surface area contributed by atoms with Crippen LogP contribution < -0.4 is 10.6 Å². The van der Waals surface area contributed by atoms with Crippen LogP contribution in [-0.2, 0) is 11.3 Å². The number of benzene rings is 1. The molecule has 2 aromatic rings. The molecule has 1 unspecified atom stereocenters. The normalized spacial score (nSPS) is 16.6. The van der Waals surface area contributed by atoms with Gasteiger partial charge in [-0.25, -0.2) is 0 Å². The van der Waals surface area contributed by atoms with E-state index < -0.39 is 0 Å². The Labute approximate surface area is 185 Å². The van der Waals surface area contributed by atoms with Crippen LogP contribution >= 0.6 is 24.0 Å². The number of nitrogens with one attached hydrogen (secondary N) is 2. The summed E-state index contributed by atoms with van der Waals surface area (Å²) in [6.07, 6.45) is 1.84. The van der Waals surface area contributed by atoms with Crippen LogP contribution in [0.15, 0.2) is 41.5 Å². The zero-order chi connectivity index (χ0) is 19.1. The van der Waals surface area contributed by atoms with Crippen molar-refractivity contribution in [2.24, 2.45) is 10.9 Å². The van der Waals surface area contributed by atoms with Gasteiger partial charge in [-0.15, -0.1) is 24.0 Å². The molecule has 0 amide bonds. The average Bonchev–Trinajstić information content (AvgIpc) is 2.71. The third kappa shape index (κ3) is 6.02. The van der Waals surface area contributed by atoms with Crippen molar-refractivity contribution in [3.8, 4) is 0 Å². The van der Waals surface area contributed by atoms with Crippen molar-refractivity contribution >= 4 is 40.8 Å². The molecule has 0 radical (unpaired) electrons. The van der Waals surface area contributed by atoms with Gasteiger partial charge in [-0.05, 0) is 17.5 Å². The van der Waals surface area contributed by atoms with E-state index in [1.165, 1.54) is 5.56 Å². The summed E-state index contributed by atoms with van der Waals surface area (Å²) in [4.78, 5) is 11.4. The van der Waals surface area contributed by atoms with Crippen molar-refractivity contribution in [1.29, 1.82) is 0 Å². The molecule has 1 atom stereocenters. The lowest BCUT2D eigenvalue weighted by molar-refractivity contribution is 0.00752. The van der Waals surface area contributed by atoms with Crippen molar-refractivity contribution in [2.75, 3.05) is 39.9 Å². The van der Waals surface area contributed by atoms with Crippen molar-refractivity contribution in [3.05, 3.63) is 42.1 Å². The molecule has 3 rings (SSSR count). The van der Waals surface area contributed by atoms with Gasteiger partial charge in [-0.2, -0.15) is 0 Å². The predicted octanol–water partition coefficient (Wildman–Crippen LogP) is 2.87. The summed E-state index contributed by atoms with van der Waals surface area (Å²) in [6, 6.07) is 10.8. The first-order valence-electron chi connectivity index (χ1n) is 9.78. The summed E-state index contributed by atoms with van der Waals surface area (Å²) >= 11 is 0. The molecule has 1 aliphatic rings. The van der Waals surface area contributed by atoms with Gasteiger partial charge in [-0.1, -0.05) is 38.1 Å². The Morgan fingerprint density at radius 3 is 2.64 bits per heavy atom. The quantitative estimate of drug-likeness (QED) is 0.365. The average molecular weight is 497 g/mol. The molecule has 2 heterocycles. The summed E-state index contributed by atoms with van der Waals surface area (Å²) in [7, 11) is 1.82. The first-order valence-corrected chi connectivity index (χ1v) is 9.78. The van der Waals surface area contributed by atoms with Crippen LogP contribution in [-0.4, -0.2) is 61.8 Å². The summed E-state index contributed by atoms with van der Waals surface area (Å²) in [5.74, 6) is 1.39. The lowest BCUT2D eigenvalue weighted by Crippen LogP contribution is -2.52. The second kappa shape index (κ2) is 11.5. The maximum Gasteiger partial charge on any atom is 0.191 e. The minimum absolute atomic E-state index is 0. The predicted molar refractivity (Wildman–Crippen MR) is 126 cm³/mol. The number of halogens is 1. The summed E-state index contributed by atoms with van der Waals surface area (Å²) in [6.45, 7) is 9.76. The number of aromatic nitrogens is 1. The van der Waals surface area contributed by atoms with E-state index >= 15 is 0 Å². The molecule has 1 saturated heterocycles. The number of morpholine rings is 1. The SMILES string of the molecule is CN=C(NCc1cccc2cccnc12)NCC(C(C)C)N1CCOCC1.I. The molecule has 0 aliphatic carbocycles. The van der Waals surface area contributed by atoms with E-state index in [9.17, 15) is 0 Å². The van der Waals surface area contributed by atoms with Gasteiger partial charge < -0.3 is 15.4 Å². The van der Waals surface area contributed by atoms with Crippen LogP contribution in [0.4, 0.5) is 0 Å². The van der Waals surface area contributed by atoms with Crippen LogP contribution in [0.25, 0.3) is 10.9 Å². The molecular formula is C21H32IN5O. The second-order valence-corrected chi connectivity index (χ2v) is 7.26. The lowest BCUT2D eigenvalue weighted by atomic mass is 10.0. The Balaban J connectivity index is 0.00000280. The third-order valence-electron chi connectivity index (χ3n) is 5.15. The van der Waals surface area contributed by atoms with Gasteiger partial charge in [0.25, 0.3) is 0 Å². The lowest BCUT2D eigenvalue weighted by Gasteiger charge is -2.37. The second-order valence-electron chi connectivity index (χ2n) is 7.26. The van der Waals surface area contributed by atoms with Crippen molar-refractivity contribution in [1.82, 2.24) is 20.5 Å². The Morgan fingerprint density at radius 2 is 1.93 bits per heavy atom. The number of para-hydroxylation sites is 1. The number of nitrogens with zero attached hydrogens (tertiary/aromatic N) is 3. The first kappa shape index (κ1) is 22.8. The molecule has 28 heavy (non-hydrogen) atoms. The minimum atomic E-state index is 0. The fraction of sp³-hybridized carbons (Fsp3) is 0.524. The van der Waals surface area contributed by atoms with Gasteiger partial charge in [0, 0.05) is 50.9 Å². The van der Waals surface area contributed by atoms with Crippen LogP contribution in [0.1, 0.15) is 19.4 Å². The van der Waals surface area contributed by atoms with E-state index in [4.69, 9.17) is 4.74 Å². The van der Waals surface area contributed by atoms with Crippen molar-refractivity contribution in [3.63, 3.8) is 0 Å². The Kier molecular flexibility index (Phi) is 9.40. The highest BCUT2D eigenvalue weighted by molar-refractivity contribution is 14.0. The summed E-state index contributed by atoms with van der Waals surface area (Å²) < 4.78 is 5.50. The zero-order valence-corrected chi connectivity index (χ0v) is 19.3. The van der Waals surface area contributed by atoms with E-state index in [-0.39, 0.29) is 24.0 Å². The highest BCUT2D eigenvalue weighted by Gasteiger charge is 2.23. The fourth-order valence-electron chi connectivity index (χ4n) is 3.61. The van der Waals surface area contributed by atoms with Crippen LogP contribution in [0.5, 0.6) is 0 Å². The Bertz CT molecular complexity index is 756. The number of pyridine rings is 1. The zero-order valence-electron chi connectivity index (χ0n) is 17.0. The van der Waals surface area contributed by atoms with Gasteiger partial charge in [0.2, 0.25) is 0 Å². The molecule has 7 heteroatoms.